The fourth-order valence-electron chi connectivity index (χ4n) is 3.63. The fraction of sp³-hybridized carbons (Fsp3) is 0.231. The lowest BCUT2D eigenvalue weighted by Gasteiger charge is -2.32. The van der Waals surface area contributed by atoms with Crippen molar-refractivity contribution in [3.05, 3.63) is 94.2 Å². The topological polar surface area (TPSA) is 86.8 Å². The molecule has 0 aliphatic heterocycles. The third kappa shape index (κ3) is 6.60. The van der Waals surface area contributed by atoms with E-state index in [2.05, 4.69) is 5.32 Å². The lowest BCUT2D eigenvalue weighted by molar-refractivity contribution is -0.139. The number of rotatable bonds is 10. The number of halogens is 3. The van der Waals surface area contributed by atoms with Crippen LogP contribution >= 0.6 is 23.2 Å². The number of hydrogen-bond acceptors (Lipinski definition) is 4. The molecule has 3 rings (SSSR count). The minimum atomic E-state index is -4.29. The van der Waals surface area contributed by atoms with Crippen LogP contribution < -0.4 is 9.62 Å². The van der Waals surface area contributed by atoms with Crippen LogP contribution in [0.15, 0.2) is 77.7 Å². The van der Waals surface area contributed by atoms with E-state index in [0.29, 0.717) is 6.54 Å². The summed E-state index contributed by atoms with van der Waals surface area (Å²) in [5.74, 6) is -1.77. The normalized spacial score (nSPS) is 12.0. The third-order valence-corrected chi connectivity index (χ3v) is 8.21. The van der Waals surface area contributed by atoms with Crippen molar-refractivity contribution in [3.8, 4) is 0 Å². The van der Waals surface area contributed by atoms with Crippen molar-refractivity contribution < 1.29 is 22.4 Å². The van der Waals surface area contributed by atoms with Gasteiger partial charge in [0.05, 0.1) is 20.6 Å². The second kappa shape index (κ2) is 12.4. The smallest absolute Gasteiger partial charge is 0.264 e. The van der Waals surface area contributed by atoms with Gasteiger partial charge in [-0.25, -0.2) is 12.8 Å². The van der Waals surface area contributed by atoms with Crippen molar-refractivity contribution in [2.75, 3.05) is 17.4 Å². The van der Waals surface area contributed by atoms with Crippen LogP contribution in [0.5, 0.6) is 0 Å². The molecule has 0 radical (unpaired) electrons. The molecule has 0 bridgehead atoms. The molecule has 7 nitrogen and oxygen atoms in total. The van der Waals surface area contributed by atoms with E-state index in [1.54, 1.807) is 31.2 Å². The average Bonchev–Trinajstić information content (AvgIpc) is 2.88. The Morgan fingerprint density at radius 1 is 0.973 bits per heavy atom. The number of anilines is 1. The predicted octanol–water partition coefficient (Wildman–Crippen LogP) is 4.88. The molecule has 0 aromatic heterocycles. The number of nitrogens with zero attached hydrogens (tertiary/aromatic N) is 2. The first kappa shape index (κ1) is 28.4. The number of carbonyl (C=O) groups is 2. The van der Waals surface area contributed by atoms with Crippen molar-refractivity contribution in [2.45, 2.75) is 31.3 Å². The Morgan fingerprint density at radius 2 is 1.62 bits per heavy atom. The molecular formula is C26H26Cl2FN3O4S. The summed E-state index contributed by atoms with van der Waals surface area (Å²) in [6.07, 6.45) is 0. The summed E-state index contributed by atoms with van der Waals surface area (Å²) < 4.78 is 42.7. The predicted molar refractivity (Wildman–Crippen MR) is 143 cm³/mol. The molecule has 0 saturated carbocycles. The highest BCUT2D eigenvalue weighted by Crippen LogP contribution is 2.35. The van der Waals surface area contributed by atoms with Crippen LogP contribution in [0.3, 0.4) is 0 Å². The van der Waals surface area contributed by atoms with Gasteiger partial charge in [-0.15, -0.1) is 0 Å². The number of sulfonamides is 1. The molecule has 0 aliphatic carbocycles. The summed E-state index contributed by atoms with van der Waals surface area (Å²) in [7, 11) is -4.29. The van der Waals surface area contributed by atoms with Crippen LogP contribution in [0.2, 0.25) is 10.0 Å². The van der Waals surface area contributed by atoms with Crippen molar-refractivity contribution in [3.63, 3.8) is 0 Å². The summed E-state index contributed by atoms with van der Waals surface area (Å²) >= 11 is 12.5. The van der Waals surface area contributed by atoms with Crippen molar-refractivity contribution >= 4 is 50.7 Å². The van der Waals surface area contributed by atoms with E-state index in [9.17, 15) is 22.4 Å². The number of carbonyl (C=O) groups excluding carboxylic acids is 2. The van der Waals surface area contributed by atoms with Gasteiger partial charge in [-0.3, -0.25) is 13.9 Å². The van der Waals surface area contributed by atoms with Crippen molar-refractivity contribution in [2.24, 2.45) is 0 Å². The monoisotopic (exact) mass is 565 g/mol. The SMILES string of the molecule is CCNC(=O)[C@@H](C)N(Cc1ccccc1F)C(=O)CN(c1cccc(Cl)c1Cl)S(=O)(=O)c1ccccc1. The maximum absolute atomic E-state index is 14.5. The van der Waals surface area contributed by atoms with Crippen LogP contribution in [-0.2, 0) is 26.2 Å². The summed E-state index contributed by atoms with van der Waals surface area (Å²) in [5.41, 5.74) is 0.160. The van der Waals surface area contributed by atoms with Gasteiger partial charge in [0.15, 0.2) is 0 Å². The van der Waals surface area contributed by atoms with Gasteiger partial charge < -0.3 is 10.2 Å². The Kier molecular flexibility index (Phi) is 9.53. The Balaban J connectivity index is 2.08. The maximum atomic E-state index is 14.5. The zero-order valence-electron chi connectivity index (χ0n) is 20.2. The maximum Gasteiger partial charge on any atom is 0.264 e. The van der Waals surface area contributed by atoms with Gasteiger partial charge in [0.1, 0.15) is 18.4 Å². The van der Waals surface area contributed by atoms with Crippen LogP contribution in [0, 0.1) is 5.82 Å². The molecular weight excluding hydrogens is 540 g/mol. The summed E-state index contributed by atoms with van der Waals surface area (Å²) in [5, 5.41) is 2.68. The van der Waals surface area contributed by atoms with E-state index < -0.39 is 40.2 Å². The molecule has 1 N–H and O–H groups in total. The third-order valence-electron chi connectivity index (χ3n) is 5.63. The molecule has 2 amide bonds. The van der Waals surface area contributed by atoms with E-state index in [0.717, 1.165) is 9.21 Å². The van der Waals surface area contributed by atoms with Gasteiger partial charge in [0.2, 0.25) is 11.8 Å². The van der Waals surface area contributed by atoms with Crippen molar-refractivity contribution in [1.82, 2.24) is 10.2 Å². The number of benzene rings is 3. The number of nitrogens with one attached hydrogen (secondary N) is 1. The summed E-state index contributed by atoms with van der Waals surface area (Å²) in [6, 6.07) is 16.8. The Morgan fingerprint density at radius 3 is 2.27 bits per heavy atom. The van der Waals surface area contributed by atoms with Crippen LogP contribution in [0.1, 0.15) is 19.4 Å². The first-order valence-electron chi connectivity index (χ1n) is 11.4. The van der Waals surface area contributed by atoms with E-state index in [1.807, 2.05) is 0 Å². The molecule has 0 fully saturated rings. The molecule has 37 heavy (non-hydrogen) atoms. The molecule has 0 spiro atoms. The van der Waals surface area contributed by atoms with Gasteiger partial charge in [0, 0.05) is 18.7 Å². The van der Waals surface area contributed by atoms with Gasteiger partial charge in [-0.1, -0.05) is 65.7 Å². The van der Waals surface area contributed by atoms with E-state index in [-0.39, 0.29) is 32.7 Å². The first-order chi connectivity index (χ1) is 17.6. The largest absolute Gasteiger partial charge is 0.355 e. The zero-order chi connectivity index (χ0) is 27.2. The van der Waals surface area contributed by atoms with E-state index in [4.69, 9.17) is 23.2 Å². The Labute approximate surface area is 225 Å². The first-order valence-corrected chi connectivity index (χ1v) is 13.6. The zero-order valence-corrected chi connectivity index (χ0v) is 22.5. The van der Waals surface area contributed by atoms with Gasteiger partial charge in [-0.05, 0) is 44.2 Å². The Hall–Kier alpha value is -3.14. The number of amides is 2. The van der Waals surface area contributed by atoms with Crippen LogP contribution in [0.25, 0.3) is 0 Å². The quantitative estimate of drug-likeness (QED) is 0.379. The fourth-order valence-corrected chi connectivity index (χ4v) is 5.53. The molecule has 0 aliphatic rings. The lowest BCUT2D eigenvalue weighted by Crippen LogP contribution is -2.51. The highest BCUT2D eigenvalue weighted by Gasteiger charge is 2.33. The molecule has 1 atom stereocenters. The van der Waals surface area contributed by atoms with Crippen molar-refractivity contribution in [1.29, 1.82) is 0 Å². The highest BCUT2D eigenvalue weighted by molar-refractivity contribution is 7.92. The molecule has 0 saturated heterocycles. The van der Waals surface area contributed by atoms with Gasteiger partial charge in [-0.2, -0.15) is 0 Å². The van der Waals surface area contributed by atoms with E-state index >= 15 is 0 Å². The minimum Gasteiger partial charge on any atom is -0.355 e. The summed E-state index contributed by atoms with van der Waals surface area (Å²) in [6.45, 7) is 2.56. The molecule has 0 heterocycles. The second-order valence-electron chi connectivity index (χ2n) is 8.08. The van der Waals surface area contributed by atoms with E-state index in [1.165, 1.54) is 55.5 Å². The minimum absolute atomic E-state index is 0.0112. The summed E-state index contributed by atoms with van der Waals surface area (Å²) in [4.78, 5) is 27.4. The lowest BCUT2D eigenvalue weighted by atomic mass is 10.1. The van der Waals surface area contributed by atoms with Gasteiger partial charge >= 0.3 is 0 Å². The van der Waals surface area contributed by atoms with Crippen LogP contribution in [0.4, 0.5) is 10.1 Å². The Bertz CT molecular complexity index is 1370. The highest BCUT2D eigenvalue weighted by atomic mass is 35.5. The van der Waals surface area contributed by atoms with Crippen LogP contribution in [-0.4, -0.2) is 44.3 Å². The standard InChI is InChI=1S/C26H26Cl2FN3O4S/c1-3-30-26(34)18(2)31(16-19-10-7-8-14-22(19)29)24(33)17-32(23-15-9-13-21(27)25(23)28)37(35,36)20-11-5-4-6-12-20/h4-15,18H,3,16-17H2,1-2H3,(H,30,34)/t18-/m1/s1. The molecule has 3 aromatic rings. The molecule has 3 aromatic carbocycles. The average molecular weight is 566 g/mol. The number of likely N-dealkylation sites (N-methyl/N-ethyl adjacent to an activating group) is 1. The molecule has 0 unspecified atom stereocenters. The second-order valence-corrected chi connectivity index (χ2v) is 10.7. The van der Waals surface area contributed by atoms with Gasteiger partial charge in [0.25, 0.3) is 10.0 Å². The molecule has 196 valence electrons. The number of hydrogen-bond donors (Lipinski definition) is 1. The molecule has 11 heteroatoms.